The Morgan fingerprint density at radius 1 is 1.13 bits per heavy atom. The Morgan fingerprint density at radius 2 is 1.84 bits per heavy atom. The first-order valence-electron chi connectivity index (χ1n) is 10.4. The van der Waals surface area contributed by atoms with E-state index in [0.717, 1.165) is 18.4 Å². The number of carbonyl (C=O) groups excluding carboxylic acids is 2. The Balaban J connectivity index is 1.45. The molecule has 8 heteroatoms. The first kappa shape index (κ1) is 22.4. The number of phenols is 1. The van der Waals surface area contributed by atoms with Gasteiger partial charge in [-0.1, -0.05) is 25.5 Å². The second-order valence-electron chi connectivity index (χ2n) is 7.47. The van der Waals surface area contributed by atoms with Crippen molar-refractivity contribution in [2.75, 3.05) is 32.7 Å². The molecule has 1 aliphatic heterocycles. The lowest BCUT2D eigenvalue weighted by molar-refractivity contribution is -0.122. The smallest absolute Gasteiger partial charge is 0.254 e. The number of halogens is 1. The van der Waals surface area contributed by atoms with Crippen molar-refractivity contribution in [3.05, 3.63) is 65.0 Å². The molecule has 7 nitrogen and oxygen atoms in total. The first-order chi connectivity index (χ1) is 15.0. The van der Waals surface area contributed by atoms with Crippen LogP contribution in [-0.2, 0) is 11.2 Å². The fraction of sp³-hybridized carbons (Fsp3) is 0.348. The van der Waals surface area contributed by atoms with Crippen LogP contribution in [0, 0.1) is 5.82 Å². The number of phenolic OH excluding ortho intramolecular Hbond substituents is 1. The first-order valence-corrected chi connectivity index (χ1v) is 10.4. The van der Waals surface area contributed by atoms with Crippen LogP contribution < -0.4 is 5.43 Å². The van der Waals surface area contributed by atoms with Crippen LogP contribution in [0.5, 0.6) is 5.75 Å². The molecule has 1 aliphatic rings. The third-order valence-corrected chi connectivity index (χ3v) is 5.18. The van der Waals surface area contributed by atoms with Crippen LogP contribution in [0.4, 0.5) is 4.39 Å². The normalized spacial score (nSPS) is 14.7. The molecule has 2 amide bonds. The van der Waals surface area contributed by atoms with Crippen molar-refractivity contribution in [1.82, 2.24) is 15.2 Å². The number of hydrogen-bond acceptors (Lipinski definition) is 5. The van der Waals surface area contributed by atoms with Gasteiger partial charge in [0.15, 0.2) is 0 Å². The Kier molecular flexibility index (Phi) is 7.72. The highest BCUT2D eigenvalue weighted by atomic mass is 19.1. The lowest BCUT2D eigenvalue weighted by atomic mass is 10.1. The number of piperazine rings is 1. The minimum atomic E-state index is -0.376. The van der Waals surface area contributed by atoms with Gasteiger partial charge in [-0.2, -0.15) is 5.10 Å². The summed E-state index contributed by atoms with van der Waals surface area (Å²) >= 11 is 0. The van der Waals surface area contributed by atoms with E-state index in [1.165, 1.54) is 30.5 Å². The topological polar surface area (TPSA) is 85.2 Å². The van der Waals surface area contributed by atoms with Crippen molar-refractivity contribution >= 4 is 18.0 Å². The lowest BCUT2D eigenvalue weighted by Crippen LogP contribution is -2.50. The number of aryl methyl sites for hydroxylation is 1. The van der Waals surface area contributed by atoms with E-state index >= 15 is 0 Å². The molecule has 0 aromatic heterocycles. The summed E-state index contributed by atoms with van der Waals surface area (Å²) in [7, 11) is 0. The van der Waals surface area contributed by atoms with E-state index in [1.807, 2.05) is 24.0 Å². The average Bonchev–Trinajstić information content (AvgIpc) is 2.77. The maximum Gasteiger partial charge on any atom is 0.254 e. The zero-order valence-corrected chi connectivity index (χ0v) is 17.6. The molecule has 2 N–H and O–H groups in total. The highest BCUT2D eigenvalue weighted by Gasteiger charge is 2.23. The quantitative estimate of drug-likeness (QED) is 0.526. The standard InChI is InChI=1S/C23H27FN4O3/c1-2-4-17-5-3-6-19(22(17)30)15-25-26-21(29)16-27-11-13-28(14-12-27)23(31)18-7-9-20(24)10-8-18/h3,5-10,15,30H,2,4,11-14,16H2,1H3,(H,26,29)/b25-15+. The predicted molar refractivity (Wildman–Crippen MR) is 117 cm³/mol. The minimum Gasteiger partial charge on any atom is -0.507 e. The van der Waals surface area contributed by atoms with E-state index in [9.17, 15) is 19.1 Å². The predicted octanol–water partition coefficient (Wildman–Crippen LogP) is 2.39. The number of rotatable bonds is 7. The van der Waals surface area contributed by atoms with Crippen molar-refractivity contribution in [3.63, 3.8) is 0 Å². The zero-order valence-electron chi connectivity index (χ0n) is 17.6. The molecular weight excluding hydrogens is 399 g/mol. The molecular formula is C23H27FN4O3. The molecule has 31 heavy (non-hydrogen) atoms. The van der Waals surface area contributed by atoms with Gasteiger partial charge in [-0.3, -0.25) is 14.5 Å². The minimum absolute atomic E-state index is 0.140. The Hall–Kier alpha value is -3.26. The van der Waals surface area contributed by atoms with E-state index in [-0.39, 0.29) is 29.9 Å². The maximum atomic E-state index is 13.0. The molecule has 0 atom stereocenters. The van der Waals surface area contributed by atoms with Crippen LogP contribution in [-0.4, -0.2) is 65.7 Å². The lowest BCUT2D eigenvalue weighted by Gasteiger charge is -2.34. The molecule has 1 heterocycles. The summed E-state index contributed by atoms with van der Waals surface area (Å²) in [6, 6.07) is 11.0. The van der Waals surface area contributed by atoms with Gasteiger partial charge in [-0.15, -0.1) is 0 Å². The van der Waals surface area contributed by atoms with Crippen molar-refractivity contribution in [1.29, 1.82) is 0 Å². The summed E-state index contributed by atoms with van der Waals surface area (Å²) in [4.78, 5) is 28.3. The van der Waals surface area contributed by atoms with Gasteiger partial charge in [0.1, 0.15) is 11.6 Å². The second-order valence-corrected chi connectivity index (χ2v) is 7.47. The average molecular weight is 426 g/mol. The number of hydrogen-bond donors (Lipinski definition) is 2. The third kappa shape index (κ3) is 6.11. The summed E-state index contributed by atoms with van der Waals surface area (Å²) in [5.41, 5.74) is 4.34. The number of para-hydroxylation sites is 1. The van der Waals surface area contributed by atoms with Gasteiger partial charge in [0.25, 0.3) is 11.8 Å². The Bertz CT molecular complexity index is 938. The van der Waals surface area contributed by atoms with Crippen molar-refractivity contribution in [2.45, 2.75) is 19.8 Å². The summed E-state index contributed by atoms with van der Waals surface area (Å²) < 4.78 is 13.0. The van der Waals surface area contributed by atoms with Crippen LogP contribution in [0.3, 0.4) is 0 Å². The van der Waals surface area contributed by atoms with Gasteiger partial charge >= 0.3 is 0 Å². The van der Waals surface area contributed by atoms with Crippen LogP contribution >= 0.6 is 0 Å². The fourth-order valence-electron chi connectivity index (χ4n) is 3.48. The number of aromatic hydroxyl groups is 1. The van der Waals surface area contributed by atoms with Gasteiger partial charge in [-0.05, 0) is 42.3 Å². The molecule has 0 unspecified atom stereocenters. The number of benzene rings is 2. The molecule has 0 aliphatic carbocycles. The maximum absolute atomic E-state index is 13.0. The summed E-state index contributed by atoms with van der Waals surface area (Å²) in [6.07, 6.45) is 3.13. The Morgan fingerprint density at radius 3 is 2.52 bits per heavy atom. The second kappa shape index (κ2) is 10.7. The molecule has 1 fully saturated rings. The third-order valence-electron chi connectivity index (χ3n) is 5.18. The molecule has 2 aromatic carbocycles. The number of nitrogens with one attached hydrogen (secondary N) is 1. The van der Waals surface area contributed by atoms with Gasteiger partial charge in [0, 0.05) is 37.3 Å². The highest BCUT2D eigenvalue weighted by Crippen LogP contribution is 2.22. The van der Waals surface area contributed by atoms with Crippen LogP contribution in [0.2, 0.25) is 0 Å². The molecule has 164 valence electrons. The van der Waals surface area contributed by atoms with Gasteiger partial charge in [0.05, 0.1) is 12.8 Å². The number of amides is 2. The number of nitrogens with zero attached hydrogens (tertiary/aromatic N) is 3. The van der Waals surface area contributed by atoms with Gasteiger partial charge in [-0.25, -0.2) is 9.82 Å². The van der Waals surface area contributed by atoms with E-state index in [4.69, 9.17) is 0 Å². The van der Waals surface area contributed by atoms with Crippen molar-refractivity contribution in [3.8, 4) is 5.75 Å². The largest absolute Gasteiger partial charge is 0.507 e. The number of carbonyl (C=O) groups is 2. The monoisotopic (exact) mass is 426 g/mol. The van der Waals surface area contributed by atoms with Crippen LogP contribution in [0.1, 0.15) is 34.8 Å². The summed E-state index contributed by atoms with van der Waals surface area (Å²) in [5.74, 6) is -0.596. The Labute approximate surface area is 181 Å². The summed E-state index contributed by atoms with van der Waals surface area (Å²) in [5, 5.41) is 14.2. The molecule has 1 saturated heterocycles. The van der Waals surface area contributed by atoms with Crippen molar-refractivity contribution < 1.29 is 19.1 Å². The molecule has 0 saturated carbocycles. The molecule has 3 rings (SSSR count). The molecule has 0 spiro atoms. The van der Waals surface area contributed by atoms with Crippen molar-refractivity contribution in [2.24, 2.45) is 5.10 Å². The summed E-state index contributed by atoms with van der Waals surface area (Å²) in [6.45, 7) is 4.31. The molecule has 2 aromatic rings. The molecule has 0 radical (unpaired) electrons. The van der Waals surface area contributed by atoms with Gasteiger partial charge < -0.3 is 10.0 Å². The SMILES string of the molecule is CCCc1cccc(/C=N/NC(=O)CN2CCN(C(=O)c3ccc(F)cc3)CC2)c1O. The van der Waals surface area contributed by atoms with Crippen LogP contribution in [0.15, 0.2) is 47.6 Å². The van der Waals surface area contributed by atoms with Gasteiger partial charge in [0.2, 0.25) is 0 Å². The highest BCUT2D eigenvalue weighted by molar-refractivity contribution is 5.94. The van der Waals surface area contributed by atoms with E-state index in [2.05, 4.69) is 10.5 Å². The zero-order chi connectivity index (χ0) is 22.2. The fourth-order valence-corrected chi connectivity index (χ4v) is 3.48. The van der Waals surface area contributed by atoms with E-state index < -0.39 is 0 Å². The molecule has 0 bridgehead atoms. The van der Waals surface area contributed by atoms with E-state index in [0.29, 0.717) is 37.3 Å². The number of hydrazone groups is 1. The van der Waals surface area contributed by atoms with E-state index in [1.54, 1.807) is 11.0 Å². The van der Waals surface area contributed by atoms with Crippen LogP contribution in [0.25, 0.3) is 0 Å².